The first-order valence-electron chi connectivity index (χ1n) is 6.89. The van der Waals surface area contributed by atoms with Gasteiger partial charge in [-0.15, -0.1) is 0 Å². The van der Waals surface area contributed by atoms with Gasteiger partial charge in [-0.2, -0.15) is 0 Å². The Bertz CT molecular complexity index is 360. The molecule has 17 heavy (non-hydrogen) atoms. The summed E-state index contributed by atoms with van der Waals surface area (Å²) >= 11 is 0. The van der Waals surface area contributed by atoms with Crippen molar-refractivity contribution in [1.29, 1.82) is 0 Å². The molecule has 0 aromatic rings. The van der Waals surface area contributed by atoms with Crippen LogP contribution in [0.25, 0.3) is 0 Å². The molecular weight excluding hydrogens is 234 g/mol. The summed E-state index contributed by atoms with van der Waals surface area (Å²) in [4.78, 5) is 0. The van der Waals surface area contributed by atoms with Crippen LogP contribution in [0, 0.1) is 5.41 Å². The minimum atomic E-state index is -2.87. The van der Waals surface area contributed by atoms with Gasteiger partial charge in [-0.3, -0.25) is 0 Å². The Morgan fingerprint density at radius 1 is 1.29 bits per heavy atom. The predicted molar refractivity (Wildman–Crippen MR) is 70.8 cm³/mol. The van der Waals surface area contributed by atoms with Gasteiger partial charge in [0.25, 0.3) is 0 Å². The van der Waals surface area contributed by atoms with E-state index < -0.39 is 9.84 Å². The monoisotopic (exact) mass is 259 g/mol. The van der Waals surface area contributed by atoms with Crippen LogP contribution in [0.1, 0.15) is 51.9 Å². The van der Waals surface area contributed by atoms with Crippen LogP contribution < -0.4 is 5.32 Å². The minimum Gasteiger partial charge on any atom is -0.312 e. The van der Waals surface area contributed by atoms with Gasteiger partial charge in [0.15, 0.2) is 9.84 Å². The Kier molecular flexibility index (Phi) is 3.83. The minimum absolute atomic E-state index is 0.139. The van der Waals surface area contributed by atoms with E-state index in [4.69, 9.17) is 0 Å². The predicted octanol–water partition coefficient (Wildman–Crippen LogP) is 2.12. The van der Waals surface area contributed by atoms with Crippen molar-refractivity contribution in [3.8, 4) is 0 Å². The molecule has 2 aliphatic carbocycles. The summed E-state index contributed by atoms with van der Waals surface area (Å²) in [6, 6.07) is 0.208. The number of sulfone groups is 1. The second kappa shape index (κ2) is 4.88. The fourth-order valence-electron chi connectivity index (χ4n) is 3.24. The van der Waals surface area contributed by atoms with Crippen molar-refractivity contribution in [2.45, 2.75) is 63.2 Å². The van der Waals surface area contributed by atoms with Crippen molar-refractivity contribution in [3.63, 3.8) is 0 Å². The van der Waals surface area contributed by atoms with Crippen LogP contribution in [-0.4, -0.2) is 32.5 Å². The van der Waals surface area contributed by atoms with Crippen LogP contribution in [0.5, 0.6) is 0 Å². The van der Waals surface area contributed by atoms with Gasteiger partial charge in [0.1, 0.15) is 0 Å². The van der Waals surface area contributed by atoms with E-state index >= 15 is 0 Å². The van der Waals surface area contributed by atoms with Crippen LogP contribution in [0.3, 0.4) is 0 Å². The Morgan fingerprint density at radius 3 is 2.53 bits per heavy atom. The van der Waals surface area contributed by atoms with E-state index in [0.29, 0.717) is 5.41 Å². The Balaban J connectivity index is 1.87. The van der Waals surface area contributed by atoms with Gasteiger partial charge >= 0.3 is 0 Å². The molecule has 3 nitrogen and oxygen atoms in total. The lowest BCUT2D eigenvalue weighted by Gasteiger charge is -2.23. The molecule has 0 saturated heterocycles. The Hall–Kier alpha value is -0.0900. The largest absolute Gasteiger partial charge is 0.312 e. The quantitative estimate of drug-likeness (QED) is 0.795. The molecule has 1 N–H and O–H groups in total. The second-order valence-electron chi connectivity index (χ2n) is 6.04. The fourth-order valence-corrected chi connectivity index (χ4v) is 4.67. The van der Waals surface area contributed by atoms with E-state index in [2.05, 4.69) is 12.2 Å². The molecule has 0 radical (unpaired) electrons. The first-order valence-corrected chi connectivity index (χ1v) is 8.85. The molecule has 100 valence electrons. The molecular formula is C13H25NO2S. The van der Waals surface area contributed by atoms with Crippen LogP contribution >= 0.6 is 0 Å². The third-order valence-electron chi connectivity index (χ3n) is 4.48. The number of hydrogen-bond donors (Lipinski definition) is 1. The summed E-state index contributed by atoms with van der Waals surface area (Å²) in [6.07, 6.45) is 9.48. The van der Waals surface area contributed by atoms with Gasteiger partial charge in [0.2, 0.25) is 0 Å². The van der Waals surface area contributed by atoms with E-state index in [1.165, 1.54) is 31.9 Å². The lowest BCUT2D eigenvalue weighted by atomic mass is 10.0. The van der Waals surface area contributed by atoms with Crippen molar-refractivity contribution in [2.24, 2.45) is 5.41 Å². The third-order valence-corrected chi connectivity index (χ3v) is 6.14. The van der Waals surface area contributed by atoms with Gasteiger partial charge < -0.3 is 5.32 Å². The normalized spacial score (nSPS) is 31.6. The molecule has 2 rings (SSSR count). The van der Waals surface area contributed by atoms with Crippen molar-refractivity contribution in [3.05, 3.63) is 0 Å². The zero-order valence-electron chi connectivity index (χ0n) is 11.0. The lowest BCUT2D eigenvalue weighted by molar-refractivity contribution is 0.386. The number of rotatable bonds is 6. The van der Waals surface area contributed by atoms with E-state index in [-0.39, 0.29) is 11.3 Å². The molecule has 0 amide bonds. The van der Waals surface area contributed by atoms with E-state index in [1.807, 2.05) is 0 Å². The van der Waals surface area contributed by atoms with E-state index in [0.717, 1.165) is 25.8 Å². The summed E-state index contributed by atoms with van der Waals surface area (Å²) in [5.41, 5.74) is 0.513. The molecule has 2 aliphatic rings. The maximum absolute atomic E-state index is 11.7. The first kappa shape index (κ1) is 13.3. The van der Waals surface area contributed by atoms with E-state index in [1.54, 1.807) is 0 Å². The van der Waals surface area contributed by atoms with Gasteiger partial charge in [-0.25, -0.2) is 8.42 Å². The zero-order chi connectivity index (χ0) is 12.5. The standard InChI is InChI=1S/C13H25NO2S/c1-3-7-13(8-9-13)10-14-11-5-4-6-12(11)17(2,15)16/h11-12,14H,3-10H2,1-2H3. The highest BCUT2D eigenvalue weighted by molar-refractivity contribution is 7.91. The molecule has 0 aliphatic heterocycles. The van der Waals surface area contributed by atoms with Crippen LogP contribution in [0.4, 0.5) is 0 Å². The first-order chi connectivity index (χ1) is 7.97. The summed E-state index contributed by atoms with van der Waals surface area (Å²) < 4.78 is 23.3. The second-order valence-corrected chi connectivity index (χ2v) is 8.30. The zero-order valence-corrected chi connectivity index (χ0v) is 11.9. The average Bonchev–Trinajstić information content (AvgIpc) is 2.82. The molecule has 2 saturated carbocycles. The summed E-state index contributed by atoms with van der Waals surface area (Å²) in [5, 5.41) is 3.41. The van der Waals surface area contributed by atoms with Crippen molar-refractivity contribution < 1.29 is 8.42 Å². The van der Waals surface area contributed by atoms with Gasteiger partial charge in [-0.05, 0) is 37.5 Å². The highest BCUT2D eigenvalue weighted by Crippen LogP contribution is 2.49. The maximum Gasteiger partial charge on any atom is 0.151 e. The Morgan fingerprint density at radius 2 is 2.00 bits per heavy atom. The topological polar surface area (TPSA) is 46.2 Å². The van der Waals surface area contributed by atoms with Crippen LogP contribution in [-0.2, 0) is 9.84 Å². The average molecular weight is 259 g/mol. The SMILES string of the molecule is CCCC1(CNC2CCCC2S(C)(=O)=O)CC1. The molecule has 0 heterocycles. The van der Waals surface area contributed by atoms with Gasteiger partial charge in [0, 0.05) is 18.8 Å². The van der Waals surface area contributed by atoms with Crippen LogP contribution in [0.2, 0.25) is 0 Å². The molecule has 4 heteroatoms. The fraction of sp³-hybridized carbons (Fsp3) is 1.00. The molecule has 2 fully saturated rings. The smallest absolute Gasteiger partial charge is 0.151 e. The summed E-state index contributed by atoms with van der Waals surface area (Å²) in [6.45, 7) is 3.26. The lowest BCUT2D eigenvalue weighted by Crippen LogP contribution is -2.42. The highest BCUT2D eigenvalue weighted by atomic mass is 32.2. The highest BCUT2D eigenvalue weighted by Gasteiger charge is 2.43. The molecule has 2 atom stereocenters. The number of nitrogens with one attached hydrogen (secondary N) is 1. The molecule has 0 bridgehead atoms. The summed E-state index contributed by atoms with van der Waals surface area (Å²) in [7, 11) is -2.87. The van der Waals surface area contributed by atoms with Crippen molar-refractivity contribution >= 4 is 9.84 Å². The third kappa shape index (κ3) is 3.22. The van der Waals surface area contributed by atoms with Crippen molar-refractivity contribution in [1.82, 2.24) is 5.32 Å². The van der Waals surface area contributed by atoms with Gasteiger partial charge in [0.05, 0.1) is 5.25 Å². The molecule has 2 unspecified atom stereocenters. The molecule has 0 spiro atoms. The summed E-state index contributed by atoms with van der Waals surface area (Å²) in [5.74, 6) is 0. The van der Waals surface area contributed by atoms with Gasteiger partial charge in [-0.1, -0.05) is 19.8 Å². The molecule has 0 aromatic carbocycles. The Labute approximate surface area is 105 Å². The van der Waals surface area contributed by atoms with E-state index in [9.17, 15) is 8.42 Å². The maximum atomic E-state index is 11.7. The van der Waals surface area contributed by atoms with Crippen LogP contribution in [0.15, 0.2) is 0 Å². The number of hydrogen-bond acceptors (Lipinski definition) is 3. The molecule has 0 aromatic heterocycles. The van der Waals surface area contributed by atoms with Crippen molar-refractivity contribution in [2.75, 3.05) is 12.8 Å².